The fourth-order valence-electron chi connectivity index (χ4n) is 3.07. The van der Waals surface area contributed by atoms with Crippen molar-refractivity contribution in [3.8, 4) is 0 Å². The van der Waals surface area contributed by atoms with Crippen molar-refractivity contribution in [2.24, 2.45) is 11.3 Å². The number of halogens is 1. The standard InChI is InChI=1S/C16H22BrN3/c1-16(2,3)12-7-9-19(11-12)15-13(10-17)20-8-5-4-6-14(20)18-15/h4-6,8,12H,7,9-11H2,1-3H3. The summed E-state index contributed by atoms with van der Waals surface area (Å²) in [6, 6.07) is 6.19. The Bertz CT molecular complexity index is 612. The molecule has 1 aliphatic heterocycles. The first-order valence-corrected chi connectivity index (χ1v) is 8.39. The maximum absolute atomic E-state index is 4.84. The highest BCUT2D eigenvalue weighted by molar-refractivity contribution is 9.08. The van der Waals surface area contributed by atoms with Gasteiger partial charge in [0.1, 0.15) is 5.65 Å². The summed E-state index contributed by atoms with van der Waals surface area (Å²) in [4.78, 5) is 7.30. The van der Waals surface area contributed by atoms with E-state index in [2.05, 4.69) is 64.3 Å². The van der Waals surface area contributed by atoms with Gasteiger partial charge in [0.25, 0.3) is 0 Å². The van der Waals surface area contributed by atoms with Gasteiger partial charge < -0.3 is 9.30 Å². The molecule has 0 bridgehead atoms. The third-order valence-electron chi connectivity index (χ3n) is 4.45. The average molecular weight is 336 g/mol. The molecule has 0 spiro atoms. The fourth-order valence-corrected chi connectivity index (χ4v) is 3.59. The van der Waals surface area contributed by atoms with Crippen molar-refractivity contribution >= 4 is 27.4 Å². The van der Waals surface area contributed by atoms with Crippen molar-refractivity contribution < 1.29 is 0 Å². The van der Waals surface area contributed by atoms with Crippen LogP contribution in [0.3, 0.4) is 0 Å². The summed E-state index contributed by atoms with van der Waals surface area (Å²) in [5.41, 5.74) is 2.67. The second-order valence-electron chi connectivity index (χ2n) is 6.74. The summed E-state index contributed by atoms with van der Waals surface area (Å²) in [6.45, 7) is 9.27. The summed E-state index contributed by atoms with van der Waals surface area (Å²) in [7, 11) is 0. The Kier molecular flexibility index (Phi) is 3.53. The second-order valence-corrected chi connectivity index (χ2v) is 7.30. The largest absolute Gasteiger partial charge is 0.355 e. The molecule has 4 heteroatoms. The fraction of sp³-hybridized carbons (Fsp3) is 0.562. The number of alkyl halides is 1. The van der Waals surface area contributed by atoms with E-state index in [1.54, 1.807) is 0 Å². The van der Waals surface area contributed by atoms with Crippen molar-refractivity contribution in [2.75, 3.05) is 18.0 Å². The van der Waals surface area contributed by atoms with Crippen LogP contribution in [-0.4, -0.2) is 22.5 Å². The Balaban J connectivity index is 1.95. The molecule has 3 heterocycles. The molecule has 3 nitrogen and oxygen atoms in total. The van der Waals surface area contributed by atoms with Gasteiger partial charge in [-0.3, -0.25) is 0 Å². The van der Waals surface area contributed by atoms with Gasteiger partial charge in [-0.2, -0.15) is 0 Å². The van der Waals surface area contributed by atoms with E-state index in [0.29, 0.717) is 5.41 Å². The predicted molar refractivity (Wildman–Crippen MR) is 87.6 cm³/mol. The first-order chi connectivity index (χ1) is 9.50. The molecular weight excluding hydrogens is 314 g/mol. The van der Waals surface area contributed by atoms with Gasteiger partial charge in [-0.25, -0.2) is 4.98 Å². The van der Waals surface area contributed by atoms with Crippen molar-refractivity contribution in [2.45, 2.75) is 32.5 Å². The highest BCUT2D eigenvalue weighted by Crippen LogP contribution is 2.36. The molecule has 0 radical (unpaired) electrons. The molecule has 1 saturated heterocycles. The highest BCUT2D eigenvalue weighted by atomic mass is 79.9. The predicted octanol–water partition coefficient (Wildman–Crippen LogP) is 4.10. The van der Waals surface area contributed by atoms with Gasteiger partial charge in [-0.05, 0) is 29.9 Å². The smallest absolute Gasteiger partial charge is 0.152 e. The van der Waals surface area contributed by atoms with Crippen LogP contribution in [-0.2, 0) is 5.33 Å². The molecule has 1 unspecified atom stereocenters. The van der Waals surface area contributed by atoms with Crippen molar-refractivity contribution in [3.63, 3.8) is 0 Å². The molecule has 20 heavy (non-hydrogen) atoms. The van der Waals surface area contributed by atoms with Gasteiger partial charge in [-0.15, -0.1) is 0 Å². The van der Waals surface area contributed by atoms with E-state index in [4.69, 9.17) is 4.98 Å². The maximum Gasteiger partial charge on any atom is 0.152 e. The van der Waals surface area contributed by atoms with Gasteiger partial charge in [0, 0.05) is 24.6 Å². The summed E-state index contributed by atoms with van der Waals surface area (Å²) in [6.07, 6.45) is 3.36. The highest BCUT2D eigenvalue weighted by Gasteiger charge is 2.33. The van der Waals surface area contributed by atoms with E-state index in [-0.39, 0.29) is 0 Å². The summed E-state index contributed by atoms with van der Waals surface area (Å²) >= 11 is 3.62. The number of rotatable bonds is 2. The maximum atomic E-state index is 4.84. The number of nitrogens with zero attached hydrogens (tertiary/aromatic N) is 3. The monoisotopic (exact) mass is 335 g/mol. The van der Waals surface area contributed by atoms with E-state index < -0.39 is 0 Å². The minimum absolute atomic E-state index is 0.377. The van der Waals surface area contributed by atoms with Crippen molar-refractivity contribution in [1.82, 2.24) is 9.38 Å². The zero-order chi connectivity index (χ0) is 14.3. The summed E-state index contributed by atoms with van der Waals surface area (Å²) in [5.74, 6) is 1.90. The van der Waals surface area contributed by atoms with Crippen molar-refractivity contribution in [1.29, 1.82) is 0 Å². The summed E-state index contributed by atoms with van der Waals surface area (Å²) < 4.78 is 2.19. The van der Waals surface area contributed by atoms with Gasteiger partial charge in [0.05, 0.1) is 5.69 Å². The van der Waals surface area contributed by atoms with E-state index in [1.807, 2.05) is 6.07 Å². The summed E-state index contributed by atoms with van der Waals surface area (Å²) in [5, 5.41) is 0.837. The molecular formula is C16H22BrN3. The Morgan fingerprint density at radius 3 is 2.80 bits per heavy atom. The number of hydrogen-bond donors (Lipinski definition) is 0. The topological polar surface area (TPSA) is 20.5 Å². The third-order valence-corrected chi connectivity index (χ3v) is 4.98. The Labute approximate surface area is 129 Å². The van der Waals surface area contributed by atoms with Gasteiger partial charge >= 0.3 is 0 Å². The lowest BCUT2D eigenvalue weighted by atomic mass is 9.80. The zero-order valence-corrected chi connectivity index (χ0v) is 14.0. The molecule has 0 saturated carbocycles. The van der Waals surface area contributed by atoms with E-state index in [9.17, 15) is 0 Å². The lowest BCUT2D eigenvalue weighted by Crippen LogP contribution is -2.26. The minimum Gasteiger partial charge on any atom is -0.355 e. The Morgan fingerprint density at radius 2 is 2.15 bits per heavy atom. The van der Waals surface area contributed by atoms with Gasteiger partial charge in [-0.1, -0.05) is 42.8 Å². The van der Waals surface area contributed by atoms with Crippen LogP contribution in [0, 0.1) is 11.3 Å². The third kappa shape index (κ3) is 2.34. The van der Waals surface area contributed by atoms with Crippen LogP contribution in [0.15, 0.2) is 24.4 Å². The molecule has 0 N–H and O–H groups in total. The van der Waals surface area contributed by atoms with Crippen LogP contribution < -0.4 is 4.90 Å². The molecule has 108 valence electrons. The molecule has 2 aromatic rings. The number of fused-ring (bicyclic) bond motifs is 1. The first-order valence-electron chi connectivity index (χ1n) is 7.27. The second kappa shape index (κ2) is 5.06. The van der Waals surface area contributed by atoms with Crippen molar-refractivity contribution in [3.05, 3.63) is 30.1 Å². The van der Waals surface area contributed by atoms with Crippen LogP contribution in [0.2, 0.25) is 0 Å². The molecule has 3 rings (SSSR count). The first kappa shape index (κ1) is 13.9. The Hall–Kier alpha value is -1.03. The average Bonchev–Trinajstić information content (AvgIpc) is 3.02. The zero-order valence-electron chi connectivity index (χ0n) is 12.4. The van der Waals surface area contributed by atoms with Gasteiger partial charge in [0.15, 0.2) is 5.82 Å². The normalized spacial score (nSPS) is 20.0. The van der Waals surface area contributed by atoms with Crippen LogP contribution in [0.5, 0.6) is 0 Å². The molecule has 1 aliphatic rings. The Morgan fingerprint density at radius 1 is 1.35 bits per heavy atom. The minimum atomic E-state index is 0.377. The lowest BCUT2D eigenvalue weighted by molar-refractivity contribution is 0.263. The number of imidazole rings is 1. The van der Waals surface area contributed by atoms with Crippen LogP contribution in [0.1, 0.15) is 32.9 Å². The van der Waals surface area contributed by atoms with E-state index in [0.717, 1.165) is 35.8 Å². The molecule has 2 aromatic heterocycles. The molecule has 0 aromatic carbocycles. The van der Waals surface area contributed by atoms with Crippen LogP contribution in [0.4, 0.5) is 5.82 Å². The van der Waals surface area contributed by atoms with Crippen LogP contribution in [0.25, 0.3) is 5.65 Å². The number of aromatic nitrogens is 2. The quantitative estimate of drug-likeness (QED) is 0.770. The number of hydrogen-bond acceptors (Lipinski definition) is 2. The molecule has 0 aliphatic carbocycles. The lowest BCUT2D eigenvalue weighted by Gasteiger charge is -2.27. The molecule has 0 amide bonds. The van der Waals surface area contributed by atoms with Crippen LogP contribution >= 0.6 is 15.9 Å². The van der Waals surface area contributed by atoms with E-state index in [1.165, 1.54) is 12.1 Å². The van der Waals surface area contributed by atoms with E-state index >= 15 is 0 Å². The van der Waals surface area contributed by atoms with Gasteiger partial charge in [0.2, 0.25) is 0 Å². The number of pyridine rings is 1. The SMILES string of the molecule is CC(C)(C)C1CCN(c2nc3ccccn3c2CBr)C1. The molecule has 1 atom stereocenters. The number of anilines is 1. The molecule has 1 fully saturated rings.